The molecule has 0 spiro atoms. The van der Waals surface area contributed by atoms with Crippen molar-refractivity contribution in [3.8, 4) is 0 Å². The number of rotatable bonds is 6. The Morgan fingerprint density at radius 2 is 1.89 bits per heavy atom. The molecule has 0 aliphatic carbocycles. The summed E-state index contributed by atoms with van der Waals surface area (Å²) in [7, 11) is 3.30. The molecule has 0 radical (unpaired) electrons. The van der Waals surface area contributed by atoms with E-state index in [2.05, 4.69) is 4.90 Å². The highest BCUT2D eigenvalue weighted by Gasteiger charge is 2.33. The monoisotopic (exact) mass is 516 g/mol. The average Bonchev–Trinajstić information content (AvgIpc) is 3.13. The number of thiocarbonyl (C=S) groups is 1. The normalized spacial score (nSPS) is 17.7. The van der Waals surface area contributed by atoms with Crippen LogP contribution in [-0.4, -0.2) is 83.7 Å². The summed E-state index contributed by atoms with van der Waals surface area (Å²) in [5.74, 6) is -0.231. The molecule has 0 saturated carbocycles. The molecule has 4 rings (SSSR count). The van der Waals surface area contributed by atoms with E-state index in [4.69, 9.17) is 21.7 Å². The zero-order chi connectivity index (χ0) is 25.1. The Hall–Kier alpha value is -2.89. The third kappa shape index (κ3) is 4.93. The molecular weight excluding hydrogens is 488 g/mol. The molecule has 2 aliphatic heterocycles. The first-order valence-electron chi connectivity index (χ1n) is 11.4. The number of para-hydroxylation sites is 1. The molecule has 11 heteroatoms. The Morgan fingerprint density at radius 1 is 1.17 bits per heavy atom. The van der Waals surface area contributed by atoms with Crippen molar-refractivity contribution in [1.29, 1.82) is 0 Å². The zero-order valence-electron chi connectivity index (χ0n) is 20.0. The molecular formula is C24H28N4O5S2. The highest BCUT2D eigenvalue weighted by molar-refractivity contribution is 8.26. The van der Waals surface area contributed by atoms with E-state index >= 15 is 0 Å². The fourth-order valence-electron chi connectivity index (χ4n) is 4.31. The van der Waals surface area contributed by atoms with E-state index in [0.717, 1.165) is 16.6 Å². The van der Waals surface area contributed by atoms with Gasteiger partial charge in [-0.15, -0.1) is 0 Å². The van der Waals surface area contributed by atoms with Crippen LogP contribution in [0.3, 0.4) is 0 Å². The molecule has 1 aromatic heterocycles. The van der Waals surface area contributed by atoms with Crippen LogP contribution in [-0.2, 0) is 21.3 Å². The molecule has 2 saturated heterocycles. The van der Waals surface area contributed by atoms with Crippen molar-refractivity contribution < 1.29 is 19.1 Å². The number of ether oxygens (including phenoxy) is 2. The molecule has 0 atom stereocenters. The number of aromatic nitrogens is 1. The number of carbonyl (C=O) groups excluding carboxylic acids is 2. The second kappa shape index (κ2) is 10.8. The van der Waals surface area contributed by atoms with Crippen molar-refractivity contribution in [2.75, 3.05) is 57.9 Å². The largest absolute Gasteiger partial charge is 0.450 e. The average molecular weight is 517 g/mol. The summed E-state index contributed by atoms with van der Waals surface area (Å²) in [5, 5.41) is 0.903. The lowest BCUT2D eigenvalue weighted by atomic mass is 10.1. The number of thioether (sulfide) groups is 1. The second-order valence-corrected chi connectivity index (χ2v) is 9.82. The van der Waals surface area contributed by atoms with Gasteiger partial charge < -0.3 is 23.8 Å². The van der Waals surface area contributed by atoms with Crippen LogP contribution in [0.4, 0.5) is 10.5 Å². The van der Waals surface area contributed by atoms with Gasteiger partial charge in [-0.1, -0.05) is 42.2 Å². The number of anilines is 1. The van der Waals surface area contributed by atoms with Gasteiger partial charge in [-0.2, -0.15) is 0 Å². The van der Waals surface area contributed by atoms with Gasteiger partial charge in [-0.3, -0.25) is 14.5 Å². The maximum absolute atomic E-state index is 13.6. The number of benzene rings is 1. The molecule has 35 heavy (non-hydrogen) atoms. The fourth-order valence-corrected chi connectivity index (χ4v) is 5.60. The number of methoxy groups -OCH3 is 1. The molecule has 2 amide bonds. The minimum atomic E-state index is -0.332. The first-order chi connectivity index (χ1) is 16.9. The third-order valence-electron chi connectivity index (χ3n) is 6.10. The van der Waals surface area contributed by atoms with Crippen molar-refractivity contribution in [3.05, 3.63) is 45.1 Å². The predicted molar refractivity (Wildman–Crippen MR) is 142 cm³/mol. The number of hydrogen-bond acceptors (Lipinski definition) is 8. The number of aryl methyl sites for hydroxylation is 1. The number of pyridine rings is 1. The lowest BCUT2D eigenvalue weighted by Crippen LogP contribution is -2.49. The van der Waals surface area contributed by atoms with Gasteiger partial charge in [0.2, 0.25) is 0 Å². The number of fused-ring (bicyclic) bond motifs is 1. The number of nitrogens with zero attached hydrogens (tertiary/aromatic N) is 4. The van der Waals surface area contributed by atoms with E-state index in [1.807, 2.05) is 24.3 Å². The Bertz CT molecular complexity index is 1250. The molecule has 0 N–H and O–H groups in total. The Kier molecular flexibility index (Phi) is 7.78. The van der Waals surface area contributed by atoms with Gasteiger partial charge in [0.05, 0.1) is 41.4 Å². The second-order valence-electron chi connectivity index (χ2n) is 8.14. The molecule has 9 nitrogen and oxygen atoms in total. The molecule has 2 aliphatic rings. The van der Waals surface area contributed by atoms with Crippen LogP contribution in [0.1, 0.15) is 12.5 Å². The summed E-state index contributed by atoms with van der Waals surface area (Å²) in [6.45, 7) is 4.85. The van der Waals surface area contributed by atoms with E-state index in [1.165, 1.54) is 16.7 Å². The zero-order valence-corrected chi connectivity index (χ0v) is 21.6. The van der Waals surface area contributed by atoms with E-state index in [1.54, 1.807) is 36.6 Å². The maximum Gasteiger partial charge on any atom is 0.409 e. The van der Waals surface area contributed by atoms with Crippen molar-refractivity contribution in [1.82, 2.24) is 14.4 Å². The minimum Gasteiger partial charge on any atom is -0.450 e. The SMILES string of the molecule is CCOC(=O)N1CCN(c2c(C=C3SC(=S)N(CCOC)C3=O)c(=O)n(C)c3ccccc23)CC1. The van der Waals surface area contributed by atoms with Crippen molar-refractivity contribution >= 4 is 63.0 Å². The highest BCUT2D eigenvalue weighted by Crippen LogP contribution is 2.36. The molecule has 2 fully saturated rings. The van der Waals surface area contributed by atoms with Crippen LogP contribution in [0, 0.1) is 0 Å². The quantitative estimate of drug-likeness (QED) is 0.428. The van der Waals surface area contributed by atoms with Gasteiger partial charge in [0, 0.05) is 45.7 Å². The lowest BCUT2D eigenvalue weighted by molar-refractivity contribution is -0.122. The van der Waals surface area contributed by atoms with E-state index in [-0.39, 0.29) is 17.6 Å². The number of amides is 2. The van der Waals surface area contributed by atoms with Gasteiger partial charge in [-0.25, -0.2) is 4.79 Å². The topological polar surface area (TPSA) is 84.3 Å². The van der Waals surface area contributed by atoms with E-state index < -0.39 is 0 Å². The van der Waals surface area contributed by atoms with Gasteiger partial charge in [0.15, 0.2) is 0 Å². The molecule has 186 valence electrons. The van der Waals surface area contributed by atoms with Crippen LogP contribution in [0.5, 0.6) is 0 Å². The van der Waals surface area contributed by atoms with Gasteiger partial charge in [0.1, 0.15) is 4.32 Å². The van der Waals surface area contributed by atoms with E-state index in [0.29, 0.717) is 60.7 Å². The Morgan fingerprint density at radius 3 is 2.57 bits per heavy atom. The standard InChI is InChI=1S/C24H28N4O5S2/c1-4-33-23(31)27-11-9-26(10-12-27)20-16-7-5-6-8-18(16)25(2)21(29)17(20)15-19-22(30)28(13-14-32-3)24(34)35-19/h5-8,15H,4,9-14H2,1-3H3. The van der Waals surface area contributed by atoms with Gasteiger partial charge in [0.25, 0.3) is 11.5 Å². The molecule has 0 unspecified atom stereocenters. The summed E-state index contributed by atoms with van der Waals surface area (Å²) >= 11 is 6.59. The number of hydrogen-bond donors (Lipinski definition) is 0. The smallest absolute Gasteiger partial charge is 0.409 e. The van der Waals surface area contributed by atoms with Crippen molar-refractivity contribution in [2.24, 2.45) is 7.05 Å². The lowest BCUT2D eigenvalue weighted by Gasteiger charge is -2.36. The van der Waals surface area contributed by atoms with Gasteiger partial charge in [-0.05, 0) is 19.1 Å². The summed E-state index contributed by atoms with van der Waals surface area (Å²) < 4.78 is 12.3. The third-order valence-corrected chi connectivity index (χ3v) is 7.48. The van der Waals surface area contributed by atoms with Crippen LogP contribution >= 0.6 is 24.0 Å². The highest BCUT2D eigenvalue weighted by atomic mass is 32.2. The molecule has 1 aromatic carbocycles. The first kappa shape index (κ1) is 25.2. The first-order valence-corrected chi connectivity index (χ1v) is 12.6. The summed E-state index contributed by atoms with van der Waals surface area (Å²) in [4.78, 5) is 44.5. The van der Waals surface area contributed by atoms with Crippen LogP contribution in [0.2, 0.25) is 0 Å². The molecule has 0 bridgehead atoms. The minimum absolute atomic E-state index is 0.200. The summed E-state index contributed by atoms with van der Waals surface area (Å²) in [5.41, 5.74) is 1.79. The maximum atomic E-state index is 13.6. The molecule has 2 aromatic rings. The summed E-state index contributed by atoms with van der Waals surface area (Å²) in [6, 6.07) is 7.70. The number of carbonyl (C=O) groups is 2. The van der Waals surface area contributed by atoms with Crippen molar-refractivity contribution in [2.45, 2.75) is 6.92 Å². The summed E-state index contributed by atoms with van der Waals surface area (Å²) in [6.07, 6.45) is 1.33. The Labute approximate surface area is 213 Å². The van der Waals surface area contributed by atoms with Crippen molar-refractivity contribution in [3.63, 3.8) is 0 Å². The predicted octanol–water partition coefficient (Wildman–Crippen LogP) is 2.66. The molecule has 3 heterocycles. The van der Waals surface area contributed by atoms with Crippen LogP contribution in [0.15, 0.2) is 34.0 Å². The van der Waals surface area contributed by atoms with Gasteiger partial charge >= 0.3 is 6.09 Å². The fraction of sp³-hybridized carbons (Fsp3) is 0.417. The van der Waals surface area contributed by atoms with Crippen LogP contribution < -0.4 is 10.5 Å². The Balaban J connectivity index is 1.77. The number of piperazine rings is 1. The van der Waals surface area contributed by atoms with E-state index in [9.17, 15) is 14.4 Å². The van der Waals surface area contributed by atoms with Crippen LogP contribution in [0.25, 0.3) is 17.0 Å².